The number of aromatic amines is 1. The highest BCUT2D eigenvalue weighted by Crippen LogP contribution is 2.06. The number of aromatic nitrogens is 1. The van der Waals surface area contributed by atoms with Crippen molar-refractivity contribution >= 4 is 0 Å². The molecule has 0 spiro atoms. The van der Waals surface area contributed by atoms with Gasteiger partial charge in [0.1, 0.15) is 0 Å². The van der Waals surface area contributed by atoms with E-state index in [0.717, 1.165) is 0 Å². The van der Waals surface area contributed by atoms with Gasteiger partial charge in [0.25, 0.3) is 0 Å². The molecule has 0 atom stereocenters. The quantitative estimate of drug-likeness (QED) is 0.621. The molecular formula is C4H4BrNO3. The number of H-pyrrole nitrogens is 1. The molecule has 0 fully saturated rings. The number of rotatable bonds is 2. The minimum absolute atomic E-state index is 0.329. The first kappa shape index (κ1) is 6.60. The van der Waals surface area contributed by atoms with Gasteiger partial charge in [0.2, 0.25) is 5.75 Å². The summed E-state index contributed by atoms with van der Waals surface area (Å²) in [6.45, 7) is 0. The molecule has 0 radical (unpaired) electrons. The molecule has 0 aromatic carbocycles. The Morgan fingerprint density at radius 3 is 2.78 bits per heavy atom. The van der Waals surface area contributed by atoms with Gasteiger partial charge >= 0.3 is 14.8 Å². The van der Waals surface area contributed by atoms with Gasteiger partial charge < -0.3 is 13.4 Å². The summed E-state index contributed by atoms with van der Waals surface area (Å²) in [6, 6.07) is 1.53. The Morgan fingerprint density at radius 1 is 1.56 bits per heavy atom. The number of nitrogens with one attached hydrogen (secondary N) is 1. The molecule has 9 heavy (non-hydrogen) atoms. The number of halogens is 1. The van der Waals surface area contributed by atoms with Crippen molar-refractivity contribution in [1.82, 2.24) is 4.98 Å². The van der Waals surface area contributed by atoms with Gasteiger partial charge in [0, 0.05) is 12.3 Å². The lowest BCUT2D eigenvalue weighted by Gasteiger charge is -1.87. The third-order valence-corrected chi connectivity index (χ3v) is 1.36. The van der Waals surface area contributed by atoms with Crippen LogP contribution < -0.4 is 12.2 Å². The fourth-order valence-corrected chi connectivity index (χ4v) is 0.936. The lowest BCUT2D eigenvalue weighted by atomic mass is 10.6. The topological polar surface area (TPSA) is 71.1 Å². The van der Waals surface area contributed by atoms with Crippen molar-refractivity contribution in [2.75, 3.05) is 0 Å². The van der Waals surface area contributed by atoms with Gasteiger partial charge in [-0.15, -0.1) is 3.83 Å². The average molecular weight is 194 g/mol. The SMILES string of the molecule is [O-][Br+2]([O-])Oc1cc[nH]c1. The normalized spacial score (nSPS) is 10.1. The van der Waals surface area contributed by atoms with Crippen molar-refractivity contribution in [2.45, 2.75) is 0 Å². The Bertz CT molecular complexity index is 162. The van der Waals surface area contributed by atoms with Crippen LogP contribution in [0, 0.1) is 14.8 Å². The largest absolute Gasteiger partial charge is 0.501 e. The smallest absolute Gasteiger partial charge is 0.364 e. The maximum atomic E-state index is 9.91. The fraction of sp³-hybridized carbons (Fsp3) is 0. The monoisotopic (exact) mass is 193 g/mol. The molecule has 0 unspecified atom stereocenters. The molecule has 1 aromatic rings. The maximum Gasteiger partial charge on any atom is 0.501 e. The first-order valence-electron chi connectivity index (χ1n) is 2.16. The molecule has 0 aliphatic heterocycles. The maximum absolute atomic E-state index is 9.91. The van der Waals surface area contributed by atoms with Gasteiger partial charge in [-0.2, -0.15) is 0 Å². The predicted molar refractivity (Wildman–Crippen MR) is 21.4 cm³/mol. The Labute approximate surface area is 56.9 Å². The zero-order chi connectivity index (χ0) is 6.69. The summed E-state index contributed by atoms with van der Waals surface area (Å²) in [7, 11) is 0. The zero-order valence-electron chi connectivity index (χ0n) is 4.33. The van der Waals surface area contributed by atoms with Crippen molar-refractivity contribution in [3.63, 3.8) is 0 Å². The molecule has 4 nitrogen and oxygen atoms in total. The summed E-state index contributed by atoms with van der Waals surface area (Å²) in [5.74, 6) is 0.329. The van der Waals surface area contributed by atoms with Crippen LogP contribution in [0.15, 0.2) is 18.5 Å². The highest BCUT2D eigenvalue weighted by atomic mass is 80.0. The van der Waals surface area contributed by atoms with Crippen LogP contribution in [0.2, 0.25) is 0 Å². The van der Waals surface area contributed by atoms with Crippen molar-refractivity contribution < 1.29 is 27.0 Å². The van der Waals surface area contributed by atoms with E-state index in [4.69, 9.17) is 0 Å². The lowest BCUT2D eigenvalue weighted by molar-refractivity contribution is -1.62. The summed E-state index contributed by atoms with van der Waals surface area (Å²) in [6.07, 6.45) is 3.04. The van der Waals surface area contributed by atoms with E-state index < -0.39 is 14.8 Å². The lowest BCUT2D eigenvalue weighted by Crippen LogP contribution is -2.36. The average Bonchev–Trinajstić information content (AvgIpc) is 2.15. The van der Waals surface area contributed by atoms with Crippen molar-refractivity contribution in [2.24, 2.45) is 0 Å². The van der Waals surface area contributed by atoms with E-state index >= 15 is 0 Å². The predicted octanol–water partition coefficient (Wildman–Crippen LogP) is -1.52. The molecule has 1 heterocycles. The van der Waals surface area contributed by atoms with Crippen molar-refractivity contribution in [3.8, 4) is 5.75 Å². The van der Waals surface area contributed by atoms with E-state index in [0.29, 0.717) is 5.75 Å². The van der Waals surface area contributed by atoms with Gasteiger partial charge in [-0.1, -0.05) is 0 Å². The van der Waals surface area contributed by atoms with Crippen LogP contribution in [0.4, 0.5) is 0 Å². The van der Waals surface area contributed by atoms with Crippen LogP contribution in [0.1, 0.15) is 0 Å². The van der Waals surface area contributed by atoms with Crippen LogP contribution in [0.3, 0.4) is 0 Å². The Morgan fingerprint density at radius 2 is 2.33 bits per heavy atom. The van der Waals surface area contributed by atoms with E-state index in [-0.39, 0.29) is 0 Å². The van der Waals surface area contributed by atoms with E-state index in [9.17, 15) is 8.40 Å². The van der Waals surface area contributed by atoms with Crippen molar-refractivity contribution in [3.05, 3.63) is 18.5 Å². The second-order valence-corrected chi connectivity index (χ2v) is 2.43. The van der Waals surface area contributed by atoms with Gasteiger partial charge in [-0.05, 0) is 0 Å². The van der Waals surface area contributed by atoms with Gasteiger partial charge in [-0.25, -0.2) is 0 Å². The van der Waals surface area contributed by atoms with E-state index in [1.807, 2.05) is 0 Å². The number of hydrogen-bond acceptors (Lipinski definition) is 3. The van der Waals surface area contributed by atoms with Crippen LogP contribution >= 0.6 is 0 Å². The van der Waals surface area contributed by atoms with Crippen LogP contribution in [-0.2, 0) is 0 Å². The summed E-state index contributed by atoms with van der Waals surface area (Å²) >= 11 is -3.10. The zero-order valence-corrected chi connectivity index (χ0v) is 5.92. The molecule has 50 valence electrons. The van der Waals surface area contributed by atoms with E-state index in [1.165, 1.54) is 12.3 Å². The Hall–Kier alpha value is -0.520. The first-order chi connectivity index (χ1) is 4.29. The van der Waals surface area contributed by atoms with E-state index in [1.54, 1.807) is 6.20 Å². The number of hydrogen-bond donors (Lipinski definition) is 1. The minimum atomic E-state index is -3.10. The summed E-state index contributed by atoms with van der Waals surface area (Å²) < 4.78 is 24.1. The summed E-state index contributed by atoms with van der Waals surface area (Å²) in [4.78, 5) is 2.65. The van der Waals surface area contributed by atoms with Gasteiger partial charge in [-0.3, -0.25) is 0 Å². The van der Waals surface area contributed by atoms with Gasteiger partial charge in [0.05, 0.1) is 6.20 Å². The highest BCUT2D eigenvalue weighted by molar-refractivity contribution is 5.14. The van der Waals surface area contributed by atoms with Crippen LogP contribution in [0.5, 0.6) is 5.75 Å². The third kappa shape index (κ3) is 2.05. The van der Waals surface area contributed by atoms with E-state index in [2.05, 4.69) is 8.81 Å². The molecule has 1 N–H and O–H groups in total. The standard InChI is InChI=1S/C4H4BrNO3/c7-5(8)9-4-1-2-6-3-4/h1-3,6H. The Balaban J connectivity index is 2.48. The minimum Gasteiger partial charge on any atom is -0.364 e. The van der Waals surface area contributed by atoms with Crippen LogP contribution in [0.25, 0.3) is 0 Å². The molecule has 0 bridgehead atoms. The molecule has 1 rings (SSSR count). The molecular weight excluding hydrogens is 190 g/mol. The molecule has 1 aromatic heterocycles. The first-order valence-corrected chi connectivity index (χ1v) is 4.10. The second-order valence-electron chi connectivity index (χ2n) is 1.31. The second kappa shape index (κ2) is 2.86. The molecule has 0 aliphatic carbocycles. The molecule has 5 heteroatoms. The van der Waals surface area contributed by atoms with Crippen molar-refractivity contribution in [1.29, 1.82) is 0 Å². The molecule has 0 saturated heterocycles. The molecule has 0 saturated carbocycles. The fourth-order valence-electron chi connectivity index (χ4n) is 0.429. The third-order valence-electron chi connectivity index (χ3n) is 0.721. The highest BCUT2D eigenvalue weighted by Gasteiger charge is 2.11. The Kier molecular flexibility index (Phi) is 2.10. The van der Waals surface area contributed by atoms with Crippen LogP contribution in [-0.4, -0.2) is 4.98 Å². The summed E-state index contributed by atoms with van der Waals surface area (Å²) in [5, 5.41) is 0. The summed E-state index contributed by atoms with van der Waals surface area (Å²) in [5.41, 5.74) is 0. The van der Waals surface area contributed by atoms with Gasteiger partial charge in [0.15, 0.2) is 0 Å². The molecule has 0 amide bonds. The molecule has 0 aliphatic rings.